The fourth-order valence-corrected chi connectivity index (χ4v) is 4.74. The minimum absolute atomic E-state index is 0.184. The summed E-state index contributed by atoms with van der Waals surface area (Å²) in [5.41, 5.74) is 1.16. The average molecular weight is 310 g/mol. The van der Waals surface area contributed by atoms with Gasteiger partial charge in [-0.05, 0) is 50.6 Å². The second-order valence-electron chi connectivity index (χ2n) is 5.64. The van der Waals surface area contributed by atoms with Crippen LogP contribution in [-0.4, -0.2) is 38.9 Å². The first-order valence-electron chi connectivity index (χ1n) is 7.85. The third-order valence-corrected chi connectivity index (χ3v) is 6.28. The van der Waals surface area contributed by atoms with Gasteiger partial charge in [0.05, 0.1) is 4.90 Å². The molecule has 5 heteroatoms. The van der Waals surface area contributed by atoms with Crippen molar-refractivity contribution in [3.63, 3.8) is 0 Å². The Kier molecular flexibility index (Phi) is 5.79. The molecule has 0 unspecified atom stereocenters. The highest BCUT2D eigenvalue weighted by Gasteiger charge is 2.31. The van der Waals surface area contributed by atoms with E-state index in [1.54, 1.807) is 16.4 Å². The summed E-state index contributed by atoms with van der Waals surface area (Å²) in [6.07, 6.45) is 5.18. The van der Waals surface area contributed by atoms with E-state index in [1.165, 1.54) is 0 Å². The van der Waals surface area contributed by atoms with Gasteiger partial charge >= 0.3 is 0 Å². The van der Waals surface area contributed by atoms with Crippen LogP contribution in [0.15, 0.2) is 29.2 Å². The van der Waals surface area contributed by atoms with Gasteiger partial charge in [-0.25, -0.2) is 8.42 Å². The third kappa shape index (κ3) is 3.84. The highest BCUT2D eigenvalue weighted by atomic mass is 32.2. The summed E-state index contributed by atoms with van der Waals surface area (Å²) < 4.78 is 27.3. The third-order valence-electron chi connectivity index (χ3n) is 4.24. The molecule has 0 bridgehead atoms. The summed E-state index contributed by atoms with van der Waals surface area (Å²) in [6, 6.07) is 7.53. The van der Waals surface area contributed by atoms with E-state index in [-0.39, 0.29) is 6.04 Å². The fraction of sp³-hybridized carbons (Fsp3) is 0.625. The molecule has 1 N–H and O–H groups in total. The number of benzene rings is 1. The number of nitrogens with one attached hydrogen (secondary N) is 1. The molecule has 1 saturated carbocycles. The Morgan fingerprint density at radius 3 is 2.33 bits per heavy atom. The maximum Gasteiger partial charge on any atom is 0.243 e. The zero-order valence-corrected chi connectivity index (χ0v) is 13.8. The van der Waals surface area contributed by atoms with Crippen molar-refractivity contribution in [1.29, 1.82) is 0 Å². The normalized spacial score (nSPS) is 16.7. The van der Waals surface area contributed by atoms with E-state index in [4.69, 9.17) is 0 Å². The molecular formula is C16H26N2O2S. The molecule has 0 aliphatic heterocycles. The van der Waals surface area contributed by atoms with Crippen molar-refractivity contribution in [1.82, 2.24) is 9.62 Å². The quantitative estimate of drug-likeness (QED) is 0.841. The van der Waals surface area contributed by atoms with Gasteiger partial charge in [-0.3, -0.25) is 0 Å². The molecule has 118 valence electrons. The molecule has 0 saturated heterocycles. The Morgan fingerprint density at radius 2 is 1.81 bits per heavy atom. The van der Waals surface area contributed by atoms with Crippen LogP contribution in [0.5, 0.6) is 0 Å². The summed E-state index contributed by atoms with van der Waals surface area (Å²) >= 11 is 0. The number of likely N-dealkylation sites (N-methyl/N-ethyl adjacent to an activating group) is 1. The van der Waals surface area contributed by atoms with Crippen LogP contribution in [0.4, 0.5) is 0 Å². The lowest BCUT2D eigenvalue weighted by atomic mass is 10.1. The monoisotopic (exact) mass is 310 g/mol. The lowest BCUT2D eigenvalue weighted by Crippen LogP contribution is -2.38. The molecule has 0 atom stereocenters. The van der Waals surface area contributed by atoms with Crippen LogP contribution in [-0.2, 0) is 16.4 Å². The molecule has 1 aromatic rings. The maximum absolute atomic E-state index is 12.8. The van der Waals surface area contributed by atoms with Crippen molar-refractivity contribution in [2.45, 2.75) is 50.0 Å². The summed E-state index contributed by atoms with van der Waals surface area (Å²) in [6.45, 7) is 3.38. The molecule has 0 heterocycles. The first-order chi connectivity index (χ1) is 10.1. The Morgan fingerprint density at radius 1 is 1.19 bits per heavy atom. The van der Waals surface area contributed by atoms with E-state index in [2.05, 4.69) is 5.32 Å². The SMILES string of the molecule is CCN(C1CCCC1)S(=O)(=O)c1ccc(CCNC)cc1. The highest BCUT2D eigenvalue weighted by Crippen LogP contribution is 2.28. The lowest BCUT2D eigenvalue weighted by Gasteiger charge is -2.26. The smallest absolute Gasteiger partial charge is 0.243 e. The molecule has 1 aliphatic carbocycles. The zero-order chi connectivity index (χ0) is 15.3. The van der Waals surface area contributed by atoms with Gasteiger partial charge in [0.15, 0.2) is 0 Å². The summed E-state index contributed by atoms with van der Waals surface area (Å²) in [7, 11) is -1.44. The van der Waals surface area contributed by atoms with Crippen molar-refractivity contribution in [3.05, 3.63) is 29.8 Å². The molecule has 2 rings (SSSR count). The van der Waals surface area contributed by atoms with Crippen molar-refractivity contribution in [2.75, 3.05) is 20.1 Å². The first-order valence-corrected chi connectivity index (χ1v) is 9.29. The minimum atomic E-state index is -3.35. The Balaban J connectivity index is 2.17. The van der Waals surface area contributed by atoms with E-state index in [0.717, 1.165) is 44.2 Å². The van der Waals surface area contributed by atoms with E-state index in [9.17, 15) is 8.42 Å². The number of rotatable bonds is 7. The first kappa shape index (κ1) is 16.5. The van der Waals surface area contributed by atoms with Crippen molar-refractivity contribution >= 4 is 10.0 Å². The van der Waals surface area contributed by atoms with Crippen molar-refractivity contribution in [2.24, 2.45) is 0 Å². The molecular weight excluding hydrogens is 284 g/mol. The average Bonchev–Trinajstić information content (AvgIpc) is 3.00. The van der Waals surface area contributed by atoms with Crippen LogP contribution in [0.25, 0.3) is 0 Å². The molecule has 0 amide bonds. The second kappa shape index (κ2) is 7.38. The van der Waals surface area contributed by atoms with Crippen LogP contribution in [0, 0.1) is 0 Å². The minimum Gasteiger partial charge on any atom is -0.319 e. The van der Waals surface area contributed by atoms with Crippen LogP contribution in [0.3, 0.4) is 0 Å². The van der Waals surface area contributed by atoms with Crippen LogP contribution in [0.2, 0.25) is 0 Å². The van der Waals surface area contributed by atoms with Crippen LogP contribution in [0.1, 0.15) is 38.2 Å². The van der Waals surface area contributed by atoms with Gasteiger partial charge in [0.25, 0.3) is 0 Å². The summed E-state index contributed by atoms with van der Waals surface area (Å²) in [4.78, 5) is 0.421. The zero-order valence-electron chi connectivity index (χ0n) is 13.0. The Bertz CT molecular complexity index is 534. The van der Waals surface area contributed by atoms with Gasteiger partial charge in [0.2, 0.25) is 10.0 Å². The molecule has 0 radical (unpaired) electrons. The largest absolute Gasteiger partial charge is 0.319 e. The van der Waals surface area contributed by atoms with Gasteiger partial charge < -0.3 is 5.32 Å². The molecule has 0 aromatic heterocycles. The van der Waals surface area contributed by atoms with Crippen LogP contribution < -0.4 is 5.32 Å². The Labute approximate surface area is 128 Å². The highest BCUT2D eigenvalue weighted by molar-refractivity contribution is 7.89. The Hall–Kier alpha value is -0.910. The summed E-state index contributed by atoms with van der Waals surface area (Å²) in [5, 5.41) is 3.10. The van der Waals surface area contributed by atoms with Crippen LogP contribution >= 0.6 is 0 Å². The number of sulfonamides is 1. The van der Waals surface area contributed by atoms with E-state index >= 15 is 0 Å². The predicted octanol–water partition coefficient (Wildman–Crippen LogP) is 2.40. The van der Waals surface area contributed by atoms with Gasteiger partial charge in [-0.15, -0.1) is 0 Å². The molecule has 4 nitrogen and oxygen atoms in total. The van der Waals surface area contributed by atoms with Gasteiger partial charge in [-0.1, -0.05) is 31.9 Å². The molecule has 0 spiro atoms. The fourth-order valence-electron chi connectivity index (χ4n) is 3.05. The van der Waals surface area contributed by atoms with E-state index in [1.807, 2.05) is 26.1 Å². The summed E-state index contributed by atoms with van der Waals surface area (Å²) in [5.74, 6) is 0. The molecule has 1 aliphatic rings. The maximum atomic E-state index is 12.8. The van der Waals surface area contributed by atoms with Gasteiger partial charge in [-0.2, -0.15) is 4.31 Å². The number of hydrogen-bond acceptors (Lipinski definition) is 3. The topological polar surface area (TPSA) is 49.4 Å². The van der Waals surface area contributed by atoms with Crippen molar-refractivity contribution < 1.29 is 8.42 Å². The van der Waals surface area contributed by atoms with E-state index < -0.39 is 10.0 Å². The van der Waals surface area contributed by atoms with Gasteiger partial charge in [0.1, 0.15) is 0 Å². The molecule has 1 fully saturated rings. The standard InChI is InChI=1S/C16H26N2O2S/c1-3-18(15-6-4-5-7-15)21(19,20)16-10-8-14(9-11-16)12-13-17-2/h8-11,15,17H,3-7,12-13H2,1-2H3. The second-order valence-corrected chi connectivity index (χ2v) is 7.53. The van der Waals surface area contributed by atoms with E-state index in [0.29, 0.717) is 11.4 Å². The molecule has 21 heavy (non-hydrogen) atoms. The predicted molar refractivity (Wildman–Crippen MR) is 85.9 cm³/mol. The number of hydrogen-bond donors (Lipinski definition) is 1. The van der Waals surface area contributed by atoms with Gasteiger partial charge in [0, 0.05) is 12.6 Å². The number of nitrogens with zero attached hydrogens (tertiary/aromatic N) is 1. The van der Waals surface area contributed by atoms with Crippen molar-refractivity contribution in [3.8, 4) is 0 Å². The molecule has 1 aromatic carbocycles. The lowest BCUT2D eigenvalue weighted by molar-refractivity contribution is 0.335.